The molecule has 19 heavy (non-hydrogen) atoms. The van der Waals surface area contributed by atoms with Crippen LogP contribution in [0.4, 0.5) is 0 Å². The van der Waals surface area contributed by atoms with Gasteiger partial charge in [0.25, 0.3) is 0 Å². The number of halogens is 3. The minimum absolute atomic E-state index is 0. The summed E-state index contributed by atoms with van der Waals surface area (Å²) in [5, 5.41) is 0. The first-order chi connectivity index (χ1) is 7.13. The van der Waals surface area contributed by atoms with Crippen molar-refractivity contribution >= 4 is 0 Å². The van der Waals surface area contributed by atoms with E-state index >= 15 is 0 Å². The van der Waals surface area contributed by atoms with Crippen molar-refractivity contribution in [1.82, 2.24) is 0 Å². The Morgan fingerprint density at radius 1 is 0.684 bits per heavy atom. The molecule has 0 atom stereocenters. The van der Waals surface area contributed by atoms with Crippen molar-refractivity contribution in [2.45, 2.75) is 27.7 Å². The van der Waals surface area contributed by atoms with Crippen LogP contribution in [0.5, 0.6) is 0 Å². The van der Waals surface area contributed by atoms with Crippen LogP contribution in [0.2, 0.25) is 0 Å². The number of rotatable bonds is 1. The minimum Gasteiger partial charge on any atom is -1.00 e. The Morgan fingerprint density at radius 3 is 1.42 bits per heavy atom. The molecule has 0 aromatic heterocycles. The summed E-state index contributed by atoms with van der Waals surface area (Å²) in [5.41, 5.74) is 8.49. The Bertz CT molecular complexity index is 464. The molecule has 0 aliphatic heterocycles. The zero-order chi connectivity index (χ0) is 11.0. The van der Waals surface area contributed by atoms with E-state index < -0.39 is 0 Å². The van der Waals surface area contributed by atoms with Gasteiger partial charge >= 0.3 is 18.6 Å². The fraction of sp³-hybridized carbons (Fsp3) is 0.267. The Kier molecular flexibility index (Phi) is 12.5. The normalized spacial score (nSPS) is 8.42. The first-order valence-electron chi connectivity index (χ1n) is 5.41. The molecule has 4 heteroatoms. The molecule has 0 amide bonds. The summed E-state index contributed by atoms with van der Waals surface area (Å²) in [6.07, 6.45) is 0. The largest absolute Gasteiger partial charge is 4.00 e. The van der Waals surface area contributed by atoms with Gasteiger partial charge in [0.2, 0.25) is 0 Å². The zero-order valence-corrected chi connectivity index (χ0v) is 15.1. The van der Waals surface area contributed by atoms with Crippen molar-refractivity contribution in [3.8, 4) is 11.1 Å². The average Bonchev–Trinajstić information content (AvgIpc) is 2.45. The van der Waals surface area contributed by atoms with Crippen molar-refractivity contribution in [2.75, 3.05) is 0 Å². The van der Waals surface area contributed by atoms with Gasteiger partial charge in [-0.1, -0.05) is 51.5 Å². The van der Waals surface area contributed by atoms with E-state index in [0.29, 0.717) is 0 Å². The summed E-state index contributed by atoms with van der Waals surface area (Å²) in [7, 11) is 0. The summed E-state index contributed by atoms with van der Waals surface area (Å²) in [6.45, 7) is 8.86. The van der Waals surface area contributed by atoms with E-state index in [0.717, 1.165) is 0 Å². The van der Waals surface area contributed by atoms with Crippen LogP contribution in [-0.2, 0) is 18.6 Å². The molecule has 0 N–H and O–H groups in total. The second-order valence-corrected chi connectivity index (χ2v) is 4.24. The molecule has 0 spiro atoms. The van der Waals surface area contributed by atoms with Crippen LogP contribution in [0.25, 0.3) is 11.1 Å². The van der Waals surface area contributed by atoms with Gasteiger partial charge in [-0.15, -0.1) is 39.9 Å². The Labute approximate surface area is 146 Å². The molecule has 0 aliphatic rings. The van der Waals surface area contributed by atoms with Crippen LogP contribution in [0.1, 0.15) is 22.3 Å². The van der Waals surface area contributed by atoms with Gasteiger partial charge in [-0.2, -0.15) is 0 Å². The molecule has 2 aromatic carbocycles. The van der Waals surface area contributed by atoms with Gasteiger partial charge in [-0.25, -0.2) is 0 Å². The minimum atomic E-state index is 0. The fourth-order valence-corrected chi connectivity index (χ4v) is 2.26. The van der Waals surface area contributed by atoms with Crippen molar-refractivity contribution in [2.24, 2.45) is 0 Å². The molecule has 2 aromatic rings. The van der Waals surface area contributed by atoms with E-state index in [1.54, 1.807) is 0 Å². The Morgan fingerprint density at radius 2 is 1.05 bits per heavy atom. The van der Waals surface area contributed by atoms with Crippen LogP contribution < -0.4 is 37.2 Å². The van der Waals surface area contributed by atoms with Gasteiger partial charge in [-0.3, -0.25) is 0 Å². The van der Waals surface area contributed by atoms with Gasteiger partial charge in [0.05, 0.1) is 0 Å². The third-order valence-electron chi connectivity index (χ3n) is 3.50. The maximum absolute atomic E-state index is 2.22. The van der Waals surface area contributed by atoms with Crippen molar-refractivity contribution in [3.63, 3.8) is 0 Å². The molecule has 2 rings (SSSR count). The Hall–Kier alpha value is 0.0244. The van der Waals surface area contributed by atoms with E-state index in [1.165, 1.54) is 33.4 Å². The van der Waals surface area contributed by atoms with Gasteiger partial charge in [0, 0.05) is 0 Å². The van der Waals surface area contributed by atoms with Crippen LogP contribution in [-0.4, -0.2) is 0 Å². The molecule has 0 heterocycles. The SMILES string of the molecule is Cc1c(C)c(C)[c-](-c2ccccc2)c1C.[Cl-].[Cl-].[Cl-].[V+4]. The van der Waals surface area contributed by atoms with E-state index in [1.807, 2.05) is 0 Å². The van der Waals surface area contributed by atoms with Crippen LogP contribution >= 0.6 is 0 Å². The average molecular weight is 355 g/mol. The number of hydrogen-bond donors (Lipinski definition) is 0. The molecule has 0 fully saturated rings. The van der Waals surface area contributed by atoms with Gasteiger partial charge < -0.3 is 37.2 Å². The summed E-state index contributed by atoms with van der Waals surface area (Å²) in [5.74, 6) is 0. The smallest absolute Gasteiger partial charge is 1.00 e. The summed E-state index contributed by atoms with van der Waals surface area (Å²) >= 11 is 0. The molecule has 0 nitrogen and oxygen atoms in total. The van der Waals surface area contributed by atoms with Crippen molar-refractivity contribution in [1.29, 1.82) is 0 Å². The van der Waals surface area contributed by atoms with Crippen molar-refractivity contribution in [3.05, 3.63) is 52.6 Å². The molecule has 0 aliphatic carbocycles. The number of benzene rings is 1. The molecule has 1 radical (unpaired) electrons. The third kappa shape index (κ3) is 4.51. The van der Waals surface area contributed by atoms with E-state index in [2.05, 4.69) is 58.0 Å². The number of hydrogen-bond acceptors (Lipinski definition) is 0. The van der Waals surface area contributed by atoms with Crippen LogP contribution in [0.15, 0.2) is 30.3 Å². The van der Waals surface area contributed by atoms with Gasteiger partial charge in [0.15, 0.2) is 0 Å². The van der Waals surface area contributed by atoms with Crippen LogP contribution in [0.3, 0.4) is 0 Å². The first-order valence-corrected chi connectivity index (χ1v) is 5.41. The zero-order valence-electron chi connectivity index (χ0n) is 11.5. The maximum atomic E-state index is 2.22. The monoisotopic (exact) mass is 353 g/mol. The summed E-state index contributed by atoms with van der Waals surface area (Å²) in [4.78, 5) is 0. The second-order valence-electron chi connectivity index (χ2n) is 4.24. The standard InChI is InChI=1S/C15H17.3ClH.V/c1-10-11(2)13(4)15(12(10)3)14-8-6-5-7-9-14;;;;/h5-9H,1-4H3;3*1H;/q-1;;;;+4/p-3. The van der Waals surface area contributed by atoms with Gasteiger partial charge in [-0.05, 0) is 0 Å². The maximum Gasteiger partial charge on any atom is 4.00 e. The molecule has 103 valence electrons. The van der Waals surface area contributed by atoms with E-state index in [9.17, 15) is 0 Å². The van der Waals surface area contributed by atoms with E-state index in [4.69, 9.17) is 0 Å². The third-order valence-corrected chi connectivity index (χ3v) is 3.50. The predicted octanol–water partition coefficient (Wildman–Crippen LogP) is -4.68. The van der Waals surface area contributed by atoms with Gasteiger partial charge in [0.1, 0.15) is 0 Å². The topological polar surface area (TPSA) is 0 Å². The van der Waals surface area contributed by atoms with Crippen molar-refractivity contribution < 1.29 is 55.8 Å². The summed E-state index contributed by atoms with van der Waals surface area (Å²) in [6, 6.07) is 10.6. The quantitative estimate of drug-likeness (QED) is 0.452. The summed E-state index contributed by atoms with van der Waals surface area (Å²) < 4.78 is 0. The molecule has 0 saturated carbocycles. The second kappa shape index (κ2) is 9.85. The first kappa shape index (κ1) is 24.1. The fourth-order valence-electron chi connectivity index (χ4n) is 2.26. The molecular weight excluding hydrogens is 337 g/mol. The molecule has 0 unspecified atom stereocenters. The molecule has 0 bridgehead atoms. The molecular formula is C15H17Cl3V. The predicted molar refractivity (Wildman–Crippen MR) is 66.4 cm³/mol. The van der Waals surface area contributed by atoms with Crippen LogP contribution in [0, 0.1) is 27.7 Å². The Balaban J connectivity index is -0.000000640. The molecule has 0 saturated heterocycles. The van der Waals surface area contributed by atoms with E-state index in [-0.39, 0.29) is 55.8 Å².